The highest BCUT2D eigenvalue weighted by Crippen LogP contribution is 2.45. The average molecular weight is 311 g/mol. The Morgan fingerprint density at radius 1 is 1.28 bits per heavy atom. The number of halogens is 1. The van der Waals surface area contributed by atoms with Crippen molar-refractivity contribution in [1.29, 1.82) is 0 Å². The van der Waals surface area contributed by atoms with E-state index in [1.54, 1.807) is 0 Å². The fourth-order valence-corrected chi connectivity index (χ4v) is 4.26. The van der Waals surface area contributed by atoms with Gasteiger partial charge in [0.15, 0.2) is 0 Å². The quantitative estimate of drug-likeness (QED) is 0.848. The predicted octanol–water partition coefficient (Wildman–Crippen LogP) is 4.57. The first-order valence-electron chi connectivity index (χ1n) is 6.76. The molecule has 1 nitrogen and oxygen atoms in total. The lowest BCUT2D eigenvalue weighted by Crippen LogP contribution is -2.43. The monoisotopic (exact) mass is 310 g/mol. The van der Waals surface area contributed by atoms with Crippen LogP contribution >= 0.6 is 15.9 Å². The van der Waals surface area contributed by atoms with Gasteiger partial charge in [-0.05, 0) is 42.2 Å². The zero-order valence-corrected chi connectivity index (χ0v) is 13.1. The van der Waals surface area contributed by atoms with Crippen LogP contribution < -0.4 is 0 Å². The second kappa shape index (κ2) is 4.97. The van der Waals surface area contributed by atoms with E-state index in [9.17, 15) is 5.11 Å². The molecule has 2 atom stereocenters. The normalized spacial score (nSPS) is 31.3. The second-order valence-corrected chi connectivity index (χ2v) is 7.70. The zero-order valence-electron chi connectivity index (χ0n) is 11.5. The third-order valence-electron chi connectivity index (χ3n) is 3.91. The van der Waals surface area contributed by atoms with Crippen LogP contribution in [0.25, 0.3) is 0 Å². The van der Waals surface area contributed by atoms with Gasteiger partial charge in [0.1, 0.15) is 0 Å². The summed E-state index contributed by atoms with van der Waals surface area (Å²) in [6.45, 7) is 6.80. The van der Waals surface area contributed by atoms with Crippen LogP contribution in [-0.2, 0) is 6.42 Å². The van der Waals surface area contributed by atoms with Crippen molar-refractivity contribution >= 4 is 15.9 Å². The Bertz CT molecular complexity index is 427. The lowest BCUT2D eigenvalue weighted by Gasteiger charge is -2.45. The standard InChI is InChI=1S/C16H23BrO/c1-12-8-15(2,3)11-16(18,9-12)10-13-6-4-5-7-14(13)17/h4-7,12,18H,8-11H2,1-3H3. The summed E-state index contributed by atoms with van der Waals surface area (Å²) < 4.78 is 1.11. The number of benzene rings is 1. The van der Waals surface area contributed by atoms with Crippen LogP contribution in [0.1, 0.15) is 45.6 Å². The summed E-state index contributed by atoms with van der Waals surface area (Å²) in [5.74, 6) is 0.598. The Morgan fingerprint density at radius 3 is 2.56 bits per heavy atom. The van der Waals surface area contributed by atoms with Crippen LogP contribution in [0.15, 0.2) is 28.7 Å². The van der Waals surface area contributed by atoms with E-state index in [0.29, 0.717) is 5.92 Å². The largest absolute Gasteiger partial charge is 0.390 e. The fourth-order valence-electron chi connectivity index (χ4n) is 3.83. The van der Waals surface area contributed by atoms with Gasteiger partial charge < -0.3 is 5.11 Å². The first-order chi connectivity index (χ1) is 8.30. The molecule has 1 aliphatic rings. The van der Waals surface area contributed by atoms with Crippen LogP contribution in [0.5, 0.6) is 0 Å². The Kier molecular flexibility index (Phi) is 3.89. The molecule has 100 valence electrons. The van der Waals surface area contributed by atoms with Crippen LogP contribution in [0.3, 0.4) is 0 Å². The van der Waals surface area contributed by atoms with Crippen molar-refractivity contribution in [2.75, 3.05) is 0 Å². The van der Waals surface area contributed by atoms with Gasteiger partial charge in [-0.2, -0.15) is 0 Å². The van der Waals surface area contributed by atoms with Crippen LogP contribution in [-0.4, -0.2) is 10.7 Å². The molecule has 0 saturated heterocycles. The minimum Gasteiger partial charge on any atom is -0.390 e. The van der Waals surface area contributed by atoms with Gasteiger partial charge in [-0.15, -0.1) is 0 Å². The third-order valence-corrected chi connectivity index (χ3v) is 4.69. The summed E-state index contributed by atoms with van der Waals surface area (Å²) in [6.07, 6.45) is 3.77. The lowest BCUT2D eigenvalue weighted by atomic mass is 9.64. The maximum atomic E-state index is 10.9. The third kappa shape index (κ3) is 3.36. The highest BCUT2D eigenvalue weighted by atomic mass is 79.9. The SMILES string of the molecule is CC1CC(C)(C)CC(O)(Cc2ccccc2Br)C1. The van der Waals surface area contributed by atoms with Crippen molar-refractivity contribution in [2.24, 2.45) is 11.3 Å². The minimum absolute atomic E-state index is 0.244. The second-order valence-electron chi connectivity index (χ2n) is 6.85. The molecule has 1 aromatic rings. The maximum Gasteiger partial charge on any atom is 0.0696 e. The van der Waals surface area contributed by atoms with E-state index in [4.69, 9.17) is 0 Å². The molecule has 2 rings (SSSR count). The molecule has 0 heterocycles. The Labute approximate surface area is 119 Å². The molecule has 2 unspecified atom stereocenters. The maximum absolute atomic E-state index is 10.9. The summed E-state index contributed by atoms with van der Waals surface area (Å²) in [7, 11) is 0. The molecule has 0 bridgehead atoms. The van der Waals surface area contributed by atoms with Gasteiger partial charge in [-0.3, -0.25) is 0 Å². The highest BCUT2D eigenvalue weighted by Gasteiger charge is 2.41. The molecule has 0 aliphatic heterocycles. The van der Waals surface area contributed by atoms with E-state index >= 15 is 0 Å². The summed E-state index contributed by atoms with van der Waals surface area (Å²) in [5, 5.41) is 10.9. The average Bonchev–Trinajstić information content (AvgIpc) is 2.17. The van der Waals surface area contributed by atoms with E-state index in [2.05, 4.69) is 48.8 Å². The zero-order chi connectivity index (χ0) is 13.4. The molecule has 2 heteroatoms. The van der Waals surface area contributed by atoms with Gasteiger partial charge in [0.25, 0.3) is 0 Å². The predicted molar refractivity (Wildman–Crippen MR) is 79.6 cm³/mol. The summed E-state index contributed by atoms with van der Waals surface area (Å²) in [5.41, 5.74) is 0.906. The lowest BCUT2D eigenvalue weighted by molar-refractivity contribution is -0.0575. The fraction of sp³-hybridized carbons (Fsp3) is 0.625. The Morgan fingerprint density at radius 2 is 1.94 bits per heavy atom. The number of hydrogen-bond donors (Lipinski definition) is 1. The molecule has 0 radical (unpaired) electrons. The molecule has 0 amide bonds. The first-order valence-corrected chi connectivity index (χ1v) is 7.55. The van der Waals surface area contributed by atoms with E-state index in [1.807, 2.05) is 12.1 Å². The van der Waals surface area contributed by atoms with E-state index in [1.165, 1.54) is 12.0 Å². The van der Waals surface area contributed by atoms with Crippen molar-refractivity contribution in [2.45, 2.75) is 52.1 Å². The number of hydrogen-bond acceptors (Lipinski definition) is 1. The topological polar surface area (TPSA) is 20.2 Å². The minimum atomic E-state index is -0.551. The van der Waals surface area contributed by atoms with Crippen LogP contribution in [0, 0.1) is 11.3 Å². The molecule has 1 fully saturated rings. The number of rotatable bonds is 2. The summed E-state index contributed by atoms with van der Waals surface area (Å²) in [4.78, 5) is 0. The molecular formula is C16H23BrO. The van der Waals surface area contributed by atoms with E-state index in [0.717, 1.165) is 23.7 Å². The molecule has 0 spiro atoms. The number of aliphatic hydroxyl groups is 1. The molecule has 18 heavy (non-hydrogen) atoms. The first kappa shape index (κ1) is 14.1. The Hall–Kier alpha value is -0.340. The molecule has 0 aromatic heterocycles. The summed E-state index contributed by atoms with van der Waals surface area (Å²) >= 11 is 3.58. The van der Waals surface area contributed by atoms with Gasteiger partial charge in [0.2, 0.25) is 0 Å². The Balaban J connectivity index is 2.19. The van der Waals surface area contributed by atoms with E-state index in [-0.39, 0.29) is 5.41 Å². The van der Waals surface area contributed by atoms with Crippen molar-refractivity contribution in [3.05, 3.63) is 34.3 Å². The smallest absolute Gasteiger partial charge is 0.0696 e. The van der Waals surface area contributed by atoms with Gasteiger partial charge in [0.05, 0.1) is 5.60 Å². The van der Waals surface area contributed by atoms with Gasteiger partial charge in [-0.25, -0.2) is 0 Å². The van der Waals surface area contributed by atoms with Crippen molar-refractivity contribution in [1.82, 2.24) is 0 Å². The van der Waals surface area contributed by atoms with Crippen molar-refractivity contribution < 1.29 is 5.11 Å². The molecule has 1 aliphatic carbocycles. The van der Waals surface area contributed by atoms with E-state index < -0.39 is 5.60 Å². The van der Waals surface area contributed by atoms with Gasteiger partial charge in [-0.1, -0.05) is 54.9 Å². The molecule has 1 saturated carbocycles. The molecule has 1 N–H and O–H groups in total. The van der Waals surface area contributed by atoms with Gasteiger partial charge in [0, 0.05) is 10.9 Å². The van der Waals surface area contributed by atoms with Crippen molar-refractivity contribution in [3.8, 4) is 0 Å². The van der Waals surface area contributed by atoms with Gasteiger partial charge >= 0.3 is 0 Å². The highest BCUT2D eigenvalue weighted by molar-refractivity contribution is 9.10. The van der Waals surface area contributed by atoms with Crippen molar-refractivity contribution in [3.63, 3.8) is 0 Å². The molecule has 1 aromatic carbocycles. The summed E-state index contributed by atoms with van der Waals surface area (Å²) in [6, 6.07) is 8.22. The van der Waals surface area contributed by atoms with Crippen LogP contribution in [0.4, 0.5) is 0 Å². The van der Waals surface area contributed by atoms with Crippen LogP contribution in [0.2, 0.25) is 0 Å². The molecular weight excluding hydrogens is 288 g/mol.